The molecule has 0 aliphatic carbocycles. The second-order valence-electron chi connectivity index (χ2n) is 7.21. The monoisotopic (exact) mass is 400 g/mol. The molecule has 2 aromatic rings. The molecule has 8 nitrogen and oxygen atoms in total. The summed E-state index contributed by atoms with van der Waals surface area (Å²) in [4.78, 5) is 4.68. The summed E-state index contributed by atoms with van der Waals surface area (Å²) in [6, 6.07) is 8.46. The van der Waals surface area contributed by atoms with Crippen LogP contribution in [0.3, 0.4) is 0 Å². The Labute approximate surface area is 172 Å². The number of rotatable bonds is 8. The van der Waals surface area contributed by atoms with Crippen LogP contribution < -0.4 is 10.6 Å². The molecule has 0 saturated carbocycles. The third-order valence-electron chi connectivity index (χ3n) is 5.04. The third kappa shape index (κ3) is 6.54. The Morgan fingerprint density at radius 2 is 1.90 bits per heavy atom. The molecule has 158 valence electrons. The van der Waals surface area contributed by atoms with Crippen LogP contribution in [0.4, 0.5) is 0 Å². The zero-order chi connectivity index (χ0) is 20.5. The first-order valence-corrected chi connectivity index (χ1v) is 10.3. The average Bonchev–Trinajstić information content (AvgIpc) is 3.08. The summed E-state index contributed by atoms with van der Waals surface area (Å²) in [6.45, 7) is 8.23. The first-order valence-electron chi connectivity index (χ1n) is 10.3. The SMILES string of the molecule is CCNC(=NCc1ccc(COC2CCOCC2)cc1)NCc1nnc(C)n1C. The van der Waals surface area contributed by atoms with Crippen molar-refractivity contribution in [1.82, 2.24) is 25.4 Å². The van der Waals surface area contributed by atoms with Crippen LogP contribution in [-0.2, 0) is 36.2 Å². The van der Waals surface area contributed by atoms with Crippen molar-refractivity contribution in [2.45, 2.75) is 52.5 Å². The van der Waals surface area contributed by atoms with E-state index in [0.717, 1.165) is 55.8 Å². The van der Waals surface area contributed by atoms with Gasteiger partial charge in [-0.15, -0.1) is 10.2 Å². The average molecular weight is 401 g/mol. The summed E-state index contributed by atoms with van der Waals surface area (Å²) in [7, 11) is 1.96. The molecule has 0 bridgehead atoms. The standard InChI is InChI=1S/C21H32N6O2/c1-4-22-21(24-14-20-26-25-16(2)27(20)3)23-13-17-5-7-18(8-6-17)15-29-19-9-11-28-12-10-19/h5-8,19H,4,9-15H2,1-3H3,(H2,22,23,24). The second-order valence-corrected chi connectivity index (χ2v) is 7.21. The highest BCUT2D eigenvalue weighted by molar-refractivity contribution is 5.79. The molecule has 29 heavy (non-hydrogen) atoms. The Balaban J connectivity index is 1.49. The number of aromatic nitrogens is 3. The molecule has 3 rings (SSSR count). The molecule has 0 spiro atoms. The Hall–Kier alpha value is -2.45. The molecule has 1 aliphatic heterocycles. The molecule has 0 amide bonds. The van der Waals surface area contributed by atoms with Gasteiger partial charge in [-0.05, 0) is 37.8 Å². The first-order chi connectivity index (χ1) is 14.2. The van der Waals surface area contributed by atoms with Crippen LogP contribution in [0.25, 0.3) is 0 Å². The summed E-state index contributed by atoms with van der Waals surface area (Å²) in [5.41, 5.74) is 2.35. The molecular weight excluding hydrogens is 368 g/mol. The van der Waals surface area contributed by atoms with Gasteiger partial charge in [-0.25, -0.2) is 4.99 Å². The van der Waals surface area contributed by atoms with E-state index >= 15 is 0 Å². The Morgan fingerprint density at radius 1 is 1.17 bits per heavy atom. The molecule has 1 aliphatic rings. The minimum absolute atomic E-state index is 0.319. The zero-order valence-corrected chi connectivity index (χ0v) is 17.6. The molecule has 0 radical (unpaired) electrons. The highest BCUT2D eigenvalue weighted by Crippen LogP contribution is 2.14. The van der Waals surface area contributed by atoms with Crippen LogP contribution in [0, 0.1) is 6.92 Å². The highest BCUT2D eigenvalue weighted by Gasteiger charge is 2.13. The van der Waals surface area contributed by atoms with E-state index in [-0.39, 0.29) is 0 Å². The number of nitrogens with zero attached hydrogens (tertiary/aromatic N) is 4. The maximum Gasteiger partial charge on any atom is 0.191 e. The Morgan fingerprint density at radius 3 is 2.55 bits per heavy atom. The van der Waals surface area contributed by atoms with Gasteiger partial charge in [0.15, 0.2) is 11.8 Å². The lowest BCUT2D eigenvalue weighted by molar-refractivity contribution is -0.0390. The number of benzene rings is 1. The topological polar surface area (TPSA) is 85.6 Å². The van der Waals surface area contributed by atoms with E-state index in [1.54, 1.807) is 0 Å². The summed E-state index contributed by atoms with van der Waals surface area (Å²) in [5, 5.41) is 14.8. The molecular formula is C21H32N6O2. The lowest BCUT2D eigenvalue weighted by Crippen LogP contribution is -2.37. The number of hydrogen-bond donors (Lipinski definition) is 2. The summed E-state index contributed by atoms with van der Waals surface area (Å²) < 4.78 is 13.3. The summed E-state index contributed by atoms with van der Waals surface area (Å²) in [6.07, 6.45) is 2.29. The molecule has 8 heteroatoms. The van der Waals surface area contributed by atoms with Crippen molar-refractivity contribution in [3.05, 3.63) is 47.0 Å². The van der Waals surface area contributed by atoms with E-state index in [1.165, 1.54) is 5.56 Å². The van der Waals surface area contributed by atoms with Crippen molar-refractivity contribution < 1.29 is 9.47 Å². The van der Waals surface area contributed by atoms with Gasteiger partial charge in [0.2, 0.25) is 0 Å². The Kier molecular flexibility index (Phi) is 8.01. The molecule has 0 atom stereocenters. The van der Waals surface area contributed by atoms with Gasteiger partial charge in [0.25, 0.3) is 0 Å². The van der Waals surface area contributed by atoms with Gasteiger partial charge in [-0.2, -0.15) is 0 Å². The predicted molar refractivity (Wildman–Crippen MR) is 112 cm³/mol. The van der Waals surface area contributed by atoms with Crippen LogP contribution in [0.15, 0.2) is 29.3 Å². The minimum atomic E-state index is 0.319. The number of ether oxygens (including phenoxy) is 2. The molecule has 1 aromatic heterocycles. The fraction of sp³-hybridized carbons (Fsp3) is 0.571. The van der Waals surface area contributed by atoms with Crippen molar-refractivity contribution in [3.63, 3.8) is 0 Å². The lowest BCUT2D eigenvalue weighted by Gasteiger charge is -2.22. The van der Waals surface area contributed by atoms with E-state index in [4.69, 9.17) is 9.47 Å². The molecule has 2 N–H and O–H groups in total. The van der Waals surface area contributed by atoms with Crippen molar-refractivity contribution in [1.29, 1.82) is 0 Å². The van der Waals surface area contributed by atoms with E-state index < -0.39 is 0 Å². The van der Waals surface area contributed by atoms with Crippen LogP contribution in [-0.4, -0.2) is 46.6 Å². The molecule has 1 saturated heterocycles. The van der Waals surface area contributed by atoms with Gasteiger partial charge < -0.3 is 24.7 Å². The molecule has 1 fully saturated rings. The first kappa shape index (κ1) is 21.3. The highest BCUT2D eigenvalue weighted by atomic mass is 16.5. The van der Waals surface area contributed by atoms with Gasteiger partial charge in [0.05, 0.1) is 25.8 Å². The fourth-order valence-corrected chi connectivity index (χ4v) is 3.08. The quantitative estimate of drug-likeness (QED) is 0.521. The van der Waals surface area contributed by atoms with Crippen LogP contribution in [0.1, 0.15) is 42.5 Å². The van der Waals surface area contributed by atoms with Crippen molar-refractivity contribution in [3.8, 4) is 0 Å². The maximum absolute atomic E-state index is 5.98. The summed E-state index contributed by atoms with van der Waals surface area (Å²) >= 11 is 0. The minimum Gasteiger partial charge on any atom is -0.381 e. The van der Waals surface area contributed by atoms with E-state index in [0.29, 0.717) is 25.8 Å². The van der Waals surface area contributed by atoms with Crippen molar-refractivity contribution in [2.75, 3.05) is 19.8 Å². The molecule has 2 heterocycles. The Bertz CT molecular complexity index is 781. The van der Waals surface area contributed by atoms with E-state index in [1.807, 2.05) is 18.5 Å². The van der Waals surface area contributed by atoms with Gasteiger partial charge in [-0.1, -0.05) is 24.3 Å². The third-order valence-corrected chi connectivity index (χ3v) is 5.04. The fourth-order valence-electron chi connectivity index (χ4n) is 3.08. The number of guanidine groups is 1. The number of aryl methyl sites for hydroxylation is 1. The van der Waals surface area contributed by atoms with Crippen molar-refractivity contribution >= 4 is 5.96 Å². The van der Waals surface area contributed by atoms with Crippen LogP contribution >= 0.6 is 0 Å². The smallest absolute Gasteiger partial charge is 0.191 e. The second kappa shape index (κ2) is 10.9. The van der Waals surface area contributed by atoms with E-state index in [9.17, 15) is 0 Å². The van der Waals surface area contributed by atoms with Gasteiger partial charge >= 0.3 is 0 Å². The van der Waals surface area contributed by atoms with Gasteiger partial charge in [0, 0.05) is 26.8 Å². The normalized spacial score (nSPS) is 15.5. The molecule has 1 aromatic carbocycles. The number of aliphatic imine (C=N–C) groups is 1. The number of nitrogens with one attached hydrogen (secondary N) is 2. The lowest BCUT2D eigenvalue weighted by atomic mass is 10.1. The van der Waals surface area contributed by atoms with Crippen molar-refractivity contribution in [2.24, 2.45) is 12.0 Å². The van der Waals surface area contributed by atoms with E-state index in [2.05, 4.69) is 57.0 Å². The predicted octanol–water partition coefficient (Wildman–Crippen LogP) is 2.07. The number of hydrogen-bond acceptors (Lipinski definition) is 5. The zero-order valence-electron chi connectivity index (χ0n) is 17.6. The molecule has 0 unspecified atom stereocenters. The van der Waals surface area contributed by atoms with Crippen LogP contribution in [0.5, 0.6) is 0 Å². The largest absolute Gasteiger partial charge is 0.381 e. The summed E-state index contributed by atoms with van der Waals surface area (Å²) in [5.74, 6) is 2.53. The van der Waals surface area contributed by atoms with Gasteiger partial charge in [-0.3, -0.25) is 0 Å². The van der Waals surface area contributed by atoms with Crippen LogP contribution in [0.2, 0.25) is 0 Å². The van der Waals surface area contributed by atoms with Gasteiger partial charge in [0.1, 0.15) is 5.82 Å². The maximum atomic E-state index is 5.98.